The number of rotatable bonds is 5. The van der Waals surface area contributed by atoms with Gasteiger partial charge in [0.1, 0.15) is 17.3 Å². The van der Waals surface area contributed by atoms with Gasteiger partial charge in [-0.15, -0.1) is 0 Å². The molecule has 0 bridgehead atoms. The second-order valence-electron chi connectivity index (χ2n) is 4.45. The fourth-order valence-corrected chi connectivity index (χ4v) is 2.26. The van der Waals surface area contributed by atoms with E-state index in [4.69, 9.17) is 22.7 Å². The number of thiocarbonyl (C=S) groups is 1. The zero-order valence-electron chi connectivity index (χ0n) is 10.2. The number of nitrogens with two attached hydrogens (primary N) is 1. The van der Waals surface area contributed by atoms with Gasteiger partial charge in [-0.1, -0.05) is 24.4 Å². The zero-order chi connectivity index (χ0) is 13.0. The van der Waals surface area contributed by atoms with E-state index in [-0.39, 0.29) is 6.10 Å². The number of likely N-dealkylation sites (tertiary alicyclic amines) is 1. The van der Waals surface area contributed by atoms with E-state index in [1.807, 2.05) is 24.3 Å². The Bertz CT molecular complexity index is 425. The molecule has 3 N–H and O–H groups in total. The molecule has 1 aromatic carbocycles. The highest BCUT2D eigenvalue weighted by Crippen LogP contribution is 2.17. The highest BCUT2D eigenvalue weighted by Gasteiger charge is 2.19. The van der Waals surface area contributed by atoms with Gasteiger partial charge in [0.05, 0.1) is 11.7 Å². The Hall–Kier alpha value is -1.17. The second-order valence-corrected chi connectivity index (χ2v) is 4.89. The predicted molar refractivity (Wildman–Crippen MR) is 74.9 cm³/mol. The molecule has 5 heteroatoms. The zero-order valence-corrected chi connectivity index (χ0v) is 11.0. The highest BCUT2D eigenvalue weighted by molar-refractivity contribution is 7.80. The largest absolute Gasteiger partial charge is 0.492 e. The summed E-state index contributed by atoms with van der Waals surface area (Å²) in [6.07, 6.45) is 0.664. The van der Waals surface area contributed by atoms with E-state index >= 15 is 0 Å². The number of β-amino-alcohol motifs (C(OH)–C–C–N with tert-alkyl or cyclic N) is 1. The van der Waals surface area contributed by atoms with Gasteiger partial charge in [0, 0.05) is 19.6 Å². The summed E-state index contributed by atoms with van der Waals surface area (Å²) in [5.41, 5.74) is 6.41. The van der Waals surface area contributed by atoms with Crippen LogP contribution < -0.4 is 10.5 Å². The van der Waals surface area contributed by atoms with Crippen LogP contribution >= 0.6 is 12.2 Å². The van der Waals surface area contributed by atoms with Crippen molar-refractivity contribution in [1.82, 2.24) is 4.90 Å². The van der Waals surface area contributed by atoms with E-state index in [0.29, 0.717) is 11.6 Å². The van der Waals surface area contributed by atoms with Crippen LogP contribution in [0.1, 0.15) is 12.0 Å². The van der Waals surface area contributed by atoms with Crippen molar-refractivity contribution in [3.05, 3.63) is 29.8 Å². The number of para-hydroxylation sites is 1. The number of ether oxygens (including phenoxy) is 1. The fraction of sp³-hybridized carbons (Fsp3) is 0.462. The Balaban J connectivity index is 1.85. The summed E-state index contributed by atoms with van der Waals surface area (Å²) in [4.78, 5) is 2.54. The van der Waals surface area contributed by atoms with Crippen LogP contribution in [0.3, 0.4) is 0 Å². The van der Waals surface area contributed by atoms with Gasteiger partial charge >= 0.3 is 0 Å². The van der Waals surface area contributed by atoms with Gasteiger partial charge in [-0.3, -0.25) is 4.90 Å². The van der Waals surface area contributed by atoms with E-state index in [0.717, 1.165) is 37.4 Å². The molecule has 0 amide bonds. The molecule has 0 radical (unpaired) electrons. The first-order chi connectivity index (χ1) is 8.66. The van der Waals surface area contributed by atoms with Crippen LogP contribution in [-0.4, -0.2) is 47.3 Å². The molecular weight excluding hydrogens is 248 g/mol. The monoisotopic (exact) mass is 266 g/mol. The Kier molecular flexibility index (Phi) is 4.52. The Morgan fingerprint density at radius 3 is 2.94 bits per heavy atom. The molecule has 18 heavy (non-hydrogen) atoms. The molecule has 4 nitrogen and oxygen atoms in total. The number of nitrogens with zero attached hydrogens (tertiary/aromatic N) is 1. The van der Waals surface area contributed by atoms with Gasteiger partial charge < -0.3 is 15.6 Å². The topological polar surface area (TPSA) is 58.7 Å². The van der Waals surface area contributed by atoms with Gasteiger partial charge in [0.15, 0.2) is 0 Å². The maximum absolute atomic E-state index is 9.42. The Morgan fingerprint density at radius 1 is 1.50 bits per heavy atom. The fourth-order valence-electron chi connectivity index (χ4n) is 2.10. The lowest BCUT2D eigenvalue weighted by atomic mass is 10.2. The van der Waals surface area contributed by atoms with Crippen molar-refractivity contribution in [2.75, 3.05) is 26.2 Å². The van der Waals surface area contributed by atoms with Gasteiger partial charge in [-0.05, 0) is 18.6 Å². The molecule has 0 saturated carbocycles. The summed E-state index contributed by atoms with van der Waals surface area (Å²) < 4.78 is 5.70. The first-order valence-electron chi connectivity index (χ1n) is 6.09. The predicted octanol–water partition coefficient (Wildman–Crippen LogP) is 0.766. The molecular formula is C13H18N2O2S. The lowest BCUT2D eigenvalue weighted by molar-refractivity contribution is 0.167. The van der Waals surface area contributed by atoms with Crippen LogP contribution in [0.15, 0.2) is 24.3 Å². The lowest BCUT2D eigenvalue weighted by Crippen LogP contribution is -2.27. The van der Waals surface area contributed by atoms with E-state index in [1.54, 1.807) is 0 Å². The van der Waals surface area contributed by atoms with Crippen LogP contribution in [0, 0.1) is 0 Å². The summed E-state index contributed by atoms with van der Waals surface area (Å²) in [6.45, 7) is 3.05. The van der Waals surface area contributed by atoms with Gasteiger partial charge in [0.25, 0.3) is 0 Å². The van der Waals surface area contributed by atoms with Crippen molar-refractivity contribution < 1.29 is 9.84 Å². The normalized spacial score (nSPS) is 19.9. The van der Waals surface area contributed by atoms with Crippen LogP contribution in [0.5, 0.6) is 5.75 Å². The third kappa shape index (κ3) is 3.41. The lowest BCUT2D eigenvalue weighted by Gasteiger charge is -2.16. The molecule has 1 aliphatic rings. The van der Waals surface area contributed by atoms with Crippen molar-refractivity contribution in [2.24, 2.45) is 5.73 Å². The van der Waals surface area contributed by atoms with Crippen molar-refractivity contribution in [3.63, 3.8) is 0 Å². The van der Waals surface area contributed by atoms with Crippen molar-refractivity contribution in [1.29, 1.82) is 0 Å². The van der Waals surface area contributed by atoms with Crippen LogP contribution in [0.25, 0.3) is 0 Å². The standard InChI is InChI=1S/C13H18N2O2S/c14-13(18)11-3-1-2-4-12(11)17-8-7-15-6-5-10(16)9-15/h1-4,10,16H,5-9H2,(H2,14,18). The molecule has 1 fully saturated rings. The highest BCUT2D eigenvalue weighted by atomic mass is 32.1. The van der Waals surface area contributed by atoms with Crippen molar-refractivity contribution >= 4 is 17.2 Å². The maximum atomic E-state index is 9.42. The van der Waals surface area contributed by atoms with E-state index < -0.39 is 0 Å². The summed E-state index contributed by atoms with van der Waals surface area (Å²) in [6, 6.07) is 7.51. The minimum absolute atomic E-state index is 0.186. The first-order valence-corrected chi connectivity index (χ1v) is 6.49. The van der Waals surface area contributed by atoms with E-state index in [1.165, 1.54) is 0 Å². The van der Waals surface area contributed by atoms with Crippen LogP contribution in [0.4, 0.5) is 0 Å². The van der Waals surface area contributed by atoms with Crippen molar-refractivity contribution in [3.8, 4) is 5.75 Å². The molecule has 1 aliphatic heterocycles. The van der Waals surface area contributed by atoms with Gasteiger partial charge in [-0.2, -0.15) is 0 Å². The quantitative estimate of drug-likeness (QED) is 0.771. The molecule has 1 heterocycles. The minimum Gasteiger partial charge on any atom is -0.492 e. The third-order valence-electron chi connectivity index (χ3n) is 3.07. The first kappa shape index (κ1) is 13.3. The average molecular weight is 266 g/mol. The maximum Gasteiger partial charge on any atom is 0.129 e. The van der Waals surface area contributed by atoms with Crippen molar-refractivity contribution in [2.45, 2.75) is 12.5 Å². The number of benzene rings is 1. The molecule has 0 aliphatic carbocycles. The summed E-state index contributed by atoms with van der Waals surface area (Å²) in [5, 5.41) is 9.42. The van der Waals surface area contributed by atoms with Crippen LogP contribution in [0.2, 0.25) is 0 Å². The summed E-state index contributed by atoms with van der Waals surface area (Å²) in [7, 11) is 0. The van der Waals surface area contributed by atoms with E-state index in [2.05, 4.69) is 4.90 Å². The summed E-state index contributed by atoms with van der Waals surface area (Å²) >= 11 is 4.98. The molecule has 1 aromatic rings. The molecule has 0 aromatic heterocycles. The van der Waals surface area contributed by atoms with E-state index in [9.17, 15) is 5.11 Å². The summed E-state index contributed by atoms with van der Waals surface area (Å²) in [5.74, 6) is 0.727. The minimum atomic E-state index is -0.186. The van der Waals surface area contributed by atoms with Gasteiger partial charge in [0.2, 0.25) is 0 Å². The molecule has 0 spiro atoms. The SMILES string of the molecule is NC(=S)c1ccccc1OCCN1CCC(O)C1. The average Bonchev–Trinajstić information content (AvgIpc) is 2.75. The molecule has 98 valence electrons. The molecule has 1 saturated heterocycles. The Morgan fingerprint density at radius 2 is 2.28 bits per heavy atom. The second kappa shape index (κ2) is 6.13. The number of aliphatic hydroxyl groups excluding tert-OH is 1. The third-order valence-corrected chi connectivity index (χ3v) is 3.29. The Labute approximate surface area is 112 Å². The van der Waals surface area contributed by atoms with Crippen LogP contribution in [-0.2, 0) is 0 Å². The number of aliphatic hydroxyl groups is 1. The molecule has 1 unspecified atom stereocenters. The van der Waals surface area contributed by atoms with Gasteiger partial charge in [-0.25, -0.2) is 0 Å². The smallest absolute Gasteiger partial charge is 0.129 e. The number of hydrogen-bond acceptors (Lipinski definition) is 4. The molecule has 2 rings (SSSR count). The molecule has 1 atom stereocenters. The number of hydrogen-bond donors (Lipinski definition) is 2.